The van der Waals surface area contributed by atoms with E-state index in [1.165, 1.54) is 56.9 Å². The summed E-state index contributed by atoms with van der Waals surface area (Å²) in [5.41, 5.74) is 1.71. The van der Waals surface area contributed by atoms with E-state index >= 15 is 0 Å². The van der Waals surface area contributed by atoms with E-state index in [-0.39, 0.29) is 12.4 Å². The van der Waals surface area contributed by atoms with Crippen LogP contribution in [0.2, 0.25) is 0 Å². The summed E-state index contributed by atoms with van der Waals surface area (Å²) in [5.74, 6) is 0.729. The molecule has 0 atom stereocenters. The lowest BCUT2D eigenvalue weighted by atomic mass is 9.77. The number of benzene rings is 1. The Bertz CT molecular complexity index is 419. The molecule has 2 rings (SSSR count). The minimum atomic E-state index is -0.837. The van der Waals surface area contributed by atoms with Crippen LogP contribution in [0, 0.1) is 5.92 Å². The van der Waals surface area contributed by atoms with Gasteiger partial charge in [-0.3, -0.25) is 0 Å². The minimum Gasteiger partial charge on any atom is -0.478 e. The van der Waals surface area contributed by atoms with Crippen molar-refractivity contribution in [2.24, 2.45) is 5.92 Å². The number of carboxylic acid groups (broad SMARTS) is 1. The number of carbonyl (C=O) groups is 1. The molecule has 0 bridgehead atoms. The average Bonchev–Trinajstić information content (AvgIpc) is 2.48. The Kier molecular flexibility index (Phi) is 7.81. The Morgan fingerprint density at radius 3 is 2.24 bits per heavy atom. The van der Waals surface area contributed by atoms with Crippen molar-refractivity contribution >= 4 is 18.4 Å². The molecular formula is C18H27ClO2. The number of hydrogen-bond donors (Lipinski definition) is 1. The monoisotopic (exact) mass is 310 g/mol. The van der Waals surface area contributed by atoms with Gasteiger partial charge in [0.05, 0.1) is 5.56 Å². The van der Waals surface area contributed by atoms with E-state index < -0.39 is 5.97 Å². The van der Waals surface area contributed by atoms with Gasteiger partial charge in [0.2, 0.25) is 0 Å². The molecule has 2 nitrogen and oxygen atoms in total. The summed E-state index contributed by atoms with van der Waals surface area (Å²) in [4.78, 5) is 10.9. The van der Waals surface area contributed by atoms with Gasteiger partial charge < -0.3 is 5.11 Å². The summed E-state index contributed by atoms with van der Waals surface area (Å²) in [7, 11) is 0. The van der Waals surface area contributed by atoms with E-state index in [0.29, 0.717) is 11.5 Å². The van der Waals surface area contributed by atoms with Crippen molar-refractivity contribution in [3.05, 3.63) is 35.4 Å². The largest absolute Gasteiger partial charge is 0.478 e. The third kappa shape index (κ3) is 5.35. The molecule has 0 radical (unpaired) electrons. The molecule has 0 spiro atoms. The first kappa shape index (κ1) is 18.0. The Labute approximate surface area is 134 Å². The molecule has 1 aromatic rings. The Balaban J connectivity index is 0.00000220. The predicted octanol–water partition coefficient (Wildman–Crippen LogP) is 5.66. The zero-order valence-corrected chi connectivity index (χ0v) is 13.7. The molecule has 0 aromatic heterocycles. The summed E-state index contributed by atoms with van der Waals surface area (Å²) in [6.07, 6.45) is 10.7. The lowest BCUT2D eigenvalue weighted by Gasteiger charge is -2.29. The van der Waals surface area contributed by atoms with Crippen LogP contribution >= 0.6 is 12.4 Å². The fourth-order valence-electron chi connectivity index (χ4n) is 3.37. The lowest BCUT2D eigenvalue weighted by molar-refractivity contribution is 0.0697. The van der Waals surface area contributed by atoms with E-state index in [9.17, 15) is 4.79 Å². The normalized spacial score (nSPS) is 21.6. The molecule has 0 unspecified atom stereocenters. The number of rotatable bonds is 6. The SMILES string of the molecule is CCCCCC1CCC(c2ccc(C(=O)O)cc2)CC1.Cl. The standard InChI is InChI=1S/C18H26O2.ClH/c1-2-3-4-5-14-6-8-15(9-7-14)16-10-12-17(13-11-16)18(19)20;/h10-15H,2-9H2,1H3,(H,19,20);1H. The van der Waals surface area contributed by atoms with Crippen LogP contribution in [0.1, 0.15) is 80.1 Å². The van der Waals surface area contributed by atoms with Crippen LogP contribution in [0.4, 0.5) is 0 Å². The molecule has 1 N–H and O–H groups in total. The van der Waals surface area contributed by atoms with Crippen molar-refractivity contribution in [2.75, 3.05) is 0 Å². The molecule has 21 heavy (non-hydrogen) atoms. The summed E-state index contributed by atoms with van der Waals surface area (Å²) in [6.45, 7) is 2.26. The van der Waals surface area contributed by atoms with Gasteiger partial charge in [0.25, 0.3) is 0 Å². The molecular weight excluding hydrogens is 284 g/mol. The highest BCUT2D eigenvalue weighted by Gasteiger charge is 2.22. The zero-order chi connectivity index (χ0) is 14.4. The van der Waals surface area contributed by atoms with Gasteiger partial charge in [-0.05, 0) is 55.2 Å². The van der Waals surface area contributed by atoms with Gasteiger partial charge in [0.1, 0.15) is 0 Å². The Hall–Kier alpha value is -1.02. The van der Waals surface area contributed by atoms with Gasteiger partial charge >= 0.3 is 5.97 Å². The van der Waals surface area contributed by atoms with Crippen molar-refractivity contribution in [3.8, 4) is 0 Å². The number of carboxylic acids is 1. The topological polar surface area (TPSA) is 37.3 Å². The maximum atomic E-state index is 10.9. The number of halogens is 1. The third-order valence-electron chi connectivity index (χ3n) is 4.69. The van der Waals surface area contributed by atoms with E-state index in [4.69, 9.17) is 5.11 Å². The van der Waals surface area contributed by atoms with Crippen molar-refractivity contribution in [1.29, 1.82) is 0 Å². The van der Waals surface area contributed by atoms with Crippen LogP contribution in [0.25, 0.3) is 0 Å². The van der Waals surface area contributed by atoms with E-state index in [1.54, 1.807) is 12.1 Å². The first-order valence-electron chi connectivity index (χ1n) is 8.04. The predicted molar refractivity (Wildman–Crippen MR) is 89.5 cm³/mol. The first-order chi connectivity index (χ1) is 9.70. The Morgan fingerprint density at radius 2 is 1.71 bits per heavy atom. The van der Waals surface area contributed by atoms with Crippen molar-refractivity contribution < 1.29 is 9.90 Å². The van der Waals surface area contributed by atoms with Crippen LogP contribution in [-0.2, 0) is 0 Å². The van der Waals surface area contributed by atoms with Crippen molar-refractivity contribution in [3.63, 3.8) is 0 Å². The third-order valence-corrected chi connectivity index (χ3v) is 4.69. The second kappa shape index (κ2) is 9.09. The van der Waals surface area contributed by atoms with Crippen molar-refractivity contribution in [2.45, 2.75) is 64.2 Å². The molecule has 118 valence electrons. The second-order valence-corrected chi connectivity index (χ2v) is 6.14. The summed E-state index contributed by atoms with van der Waals surface area (Å²) >= 11 is 0. The number of hydrogen-bond acceptors (Lipinski definition) is 1. The molecule has 0 aliphatic heterocycles. The Morgan fingerprint density at radius 1 is 1.10 bits per heavy atom. The fraction of sp³-hybridized carbons (Fsp3) is 0.611. The average molecular weight is 311 g/mol. The van der Waals surface area contributed by atoms with Gasteiger partial charge in [0, 0.05) is 0 Å². The molecule has 1 aliphatic carbocycles. The van der Waals surface area contributed by atoms with E-state index in [2.05, 4.69) is 6.92 Å². The van der Waals surface area contributed by atoms with E-state index in [1.807, 2.05) is 12.1 Å². The van der Waals surface area contributed by atoms with Crippen LogP contribution in [0.5, 0.6) is 0 Å². The summed E-state index contributed by atoms with van der Waals surface area (Å²) < 4.78 is 0. The molecule has 1 fully saturated rings. The van der Waals surface area contributed by atoms with Gasteiger partial charge in [-0.1, -0.05) is 44.7 Å². The van der Waals surface area contributed by atoms with Crippen LogP contribution in [0.15, 0.2) is 24.3 Å². The highest BCUT2D eigenvalue weighted by Crippen LogP contribution is 2.37. The smallest absolute Gasteiger partial charge is 0.335 e. The molecule has 1 saturated carbocycles. The summed E-state index contributed by atoms with van der Waals surface area (Å²) in [5, 5.41) is 8.92. The molecule has 1 aromatic carbocycles. The van der Waals surface area contributed by atoms with Crippen molar-refractivity contribution in [1.82, 2.24) is 0 Å². The lowest BCUT2D eigenvalue weighted by Crippen LogP contribution is -2.13. The van der Waals surface area contributed by atoms with Crippen LogP contribution in [0.3, 0.4) is 0 Å². The maximum Gasteiger partial charge on any atom is 0.335 e. The van der Waals surface area contributed by atoms with E-state index in [0.717, 1.165) is 5.92 Å². The first-order valence-corrected chi connectivity index (χ1v) is 8.04. The summed E-state index contributed by atoms with van der Waals surface area (Å²) in [6, 6.07) is 7.49. The quantitative estimate of drug-likeness (QED) is 0.688. The minimum absolute atomic E-state index is 0. The van der Waals surface area contributed by atoms with Crippen LogP contribution < -0.4 is 0 Å². The second-order valence-electron chi connectivity index (χ2n) is 6.14. The molecule has 3 heteroatoms. The highest BCUT2D eigenvalue weighted by molar-refractivity contribution is 5.87. The highest BCUT2D eigenvalue weighted by atomic mass is 35.5. The zero-order valence-electron chi connectivity index (χ0n) is 12.9. The molecule has 1 aliphatic rings. The number of unbranched alkanes of at least 4 members (excludes halogenated alkanes) is 2. The van der Waals surface area contributed by atoms with Gasteiger partial charge in [-0.15, -0.1) is 12.4 Å². The molecule has 0 heterocycles. The van der Waals surface area contributed by atoms with Gasteiger partial charge in [-0.25, -0.2) is 4.79 Å². The molecule has 0 amide bonds. The van der Waals surface area contributed by atoms with Crippen LogP contribution in [-0.4, -0.2) is 11.1 Å². The number of aromatic carboxylic acids is 1. The fourth-order valence-corrected chi connectivity index (χ4v) is 3.37. The van der Waals surface area contributed by atoms with Gasteiger partial charge in [0.15, 0.2) is 0 Å². The van der Waals surface area contributed by atoms with Gasteiger partial charge in [-0.2, -0.15) is 0 Å². The maximum absolute atomic E-state index is 10.9. The molecule has 0 saturated heterocycles.